The molecule has 100 valence electrons. The fourth-order valence-corrected chi connectivity index (χ4v) is 2.47. The lowest BCUT2D eigenvalue weighted by Crippen LogP contribution is -2.45. The predicted molar refractivity (Wildman–Crippen MR) is 75.2 cm³/mol. The minimum absolute atomic E-state index is 0.0635. The van der Waals surface area contributed by atoms with Gasteiger partial charge in [0.15, 0.2) is 0 Å². The highest BCUT2D eigenvalue weighted by atomic mass is 16.1. The van der Waals surface area contributed by atoms with E-state index in [0.29, 0.717) is 12.2 Å². The van der Waals surface area contributed by atoms with Crippen molar-refractivity contribution in [3.05, 3.63) is 22.1 Å². The Hall–Kier alpha value is -1.49. The van der Waals surface area contributed by atoms with Gasteiger partial charge in [-0.25, -0.2) is 0 Å². The molecule has 0 saturated carbocycles. The van der Waals surface area contributed by atoms with Crippen molar-refractivity contribution in [3.63, 3.8) is 0 Å². The van der Waals surface area contributed by atoms with E-state index in [-0.39, 0.29) is 5.56 Å². The summed E-state index contributed by atoms with van der Waals surface area (Å²) < 4.78 is 1.72. The Balaban J connectivity index is 2.37. The highest BCUT2D eigenvalue weighted by Crippen LogP contribution is 2.22. The number of hydrogen-bond donors (Lipinski definition) is 1. The van der Waals surface area contributed by atoms with E-state index in [2.05, 4.69) is 16.8 Å². The molecule has 0 aromatic carbocycles. The summed E-state index contributed by atoms with van der Waals surface area (Å²) in [5.41, 5.74) is 8.20. The number of nitrogen functional groups attached to an aromatic ring is 1. The molecule has 2 rings (SSSR count). The van der Waals surface area contributed by atoms with Gasteiger partial charge < -0.3 is 20.1 Å². The van der Waals surface area contributed by atoms with E-state index in [9.17, 15) is 4.79 Å². The van der Waals surface area contributed by atoms with Gasteiger partial charge in [-0.05, 0) is 27.0 Å². The first-order valence-corrected chi connectivity index (χ1v) is 6.48. The molecule has 5 heteroatoms. The quantitative estimate of drug-likeness (QED) is 0.831. The highest BCUT2D eigenvalue weighted by molar-refractivity contribution is 5.67. The topological polar surface area (TPSA) is 54.5 Å². The fraction of sp³-hybridized carbons (Fsp3) is 0.615. The second kappa shape index (κ2) is 5.02. The van der Waals surface area contributed by atoms with Gasteiger partial charge in [0.05, 0.1) is 5.69 Å². The van der Waals surface area contributed by atoms with Gasteiger partial charge >= 0.3 is 0 Å². The van der Waals surface area contributed by atoms with Crippen LogP contribution in [0.5, 0.6) is 0 Å². The molecule has 0 spiro atoms. The number of likely N-dealkylation sites (N-methyl/N-ethyl adjacent to an activating group) is 1. The summed E-state index contributed by atoms with van der Waals surface area (Å²) >= 11 is 0. The average Bonchev–Trinajstić information content (AvgIpc) is 2.36. The normalized spacial score (nSPS) is 17.2. The first kappa shape index (κ1) is 13.0. The van der Waals surface area contributed by atoms with Gasteiger partial charge in [-0.3, -0.25) is 4.79 Å². The van der Waals surface area contributed by atoms with E-state index in [1.54, 1.807) is 4.57 Å². The van der Waals surface area contributed by atoms with Crippen molar-refractivity contribution in [1.29, 1.82) is 0 Å². The Bertz CT molecular complexity index is 486. The summed E-state index contributed by atoms with van der Waals surface area (Å²) in [7, 11) is 2.11. The van der Waals surface area contributed by atoms with Crippen LogP contribution in [0.1, 0.15) is 12.6 Å². The number of rotatable bonds is 2. The third-order valence-corrected chi connectivity index (χ3v) is 3.68. The second-order valence-electron chi connectivity index (χ2n) is 4.92. The number of piperazine rings is 1. The van der Waals surface area contributed by atoms with Crippen LogP contribution in [-0.2, 0) is 6.54 Å². The molecule has 1 fully saturated rings. The summed E-state index contributed by atoms with van der Waals surface area (Å²) in [5.74, 6) is 0. The van der Waals surface area contributed by atoms with E-state index in [4.69, 9.17) is 5.73 Å². The van der Waals surface area contributed by atoms with E-state index in [1.807, 2.05) is 19.9 Å². The lowest BCUT2D eigenvalue weighted by Gasteiger charge is -2.34. The third-order valence-electron chi connectivity index (χ3n) is 3.68. The monoisotopic (exact) mass is 250 g/mol. The standard InChI is InChI=1S/C13H22N4O/c1-4-17-10(2)9-11(12(14)13(17)18)16-7-5-15(3)6-8-16/h9H,4-8,14H2,1-3H3. The van der Waals surface area contributed by atoms with Gasteiger partial charge in [-0.2, -0.15) is 0 Å². The van der Waals surface area contributed by atoms with Crippen LogP contribution in [-0.4, -0.2) is 42.7 Å². The Morgan fingerprint density at radius 3 is 2.44 bits per heavy atom. The van der Waals surface area contributed by atoms with Crippen LogP contribution in [0, 0.1) is 6.92 Å². The van der Waals surface area contributed by atoms with Crippen LogP contribution in [0.4, 0.5) is 11.4 Å². The zero-order chi connectivity index (χ0) is 13.3. The number of nitrogens with two attached hydrogens (primary N) is 1. The van der Waals surface area contributed by atoms with Crippen molar-refractivity contribution in [2.45, 2.75) is 20.4 Å². The number of pyridine rings is 1. The zero-order valence-corrected chi connectivity index (χ0v) is 11.4. The highest BCUT2D eigenvalue weighted by Gasteiger charge is 2.19. The SMILES string of the molecule is CCn1c(C)cc(N2CCN(C)CC2)c(N)c1=O. The van der Waals surface area contributed by atoms with Crippen LogP contribution in [0.25, 0.3) is 0 Å². The number of aromatic nitrogens is 1. The van der Waals surface area contributed by atoms with Crippen LogP contribution >= 0.6 is 0 Å². The summed E-state index contributed by atoms with van der Waals surface area (Å²) in [6.45, 7) is 8.46. The molecule has 0 bridgehead atoms. The maximum atomic E-state index is 12.1. The molecular weight excluding hydrogens is 228 g/mol. The van der Waals surface area contributed by atoms with Crippen LogP contribution in [0.2, 0.25) is 0 Å². The maximum Gasteiger partial charge on any atom is 0.276 e. The molecule has 1 aliphatic rings. The fourth-order valence-electron chi connectivity index (χ4n) is 2.47. The lowest BCUT2D eigenvalue weighted by molar-refractivity contribution is 0.313. The van der Waals surface area contributed by atoms with Gasteiger partial charge in [0.25, 0.3) is 5.56 Å². The molecule has 1 aliphatic heterocycles. The lowest BCUT2D eigenvalue weighted by atomic mass is 10.2. The van der Waals surface area contributed by atoms with E-state index in [1.165, 1.54) is 0 Å². The molecule has 0 aliphatic carbocycles. The largest absolute Gasteiger partial charge is 0.393 e. The third kappa shape index (κ3) is 2.22. The predicted octanol–water partition coefficient (Wildman–Crippen LogP) is 0.511. The van der Waals surface area contributed by atoms with Crippen molar-refractivity contribution in [2.24, 2.45) is 0 Å². The molecule has 2 N–H and O–H groups in total. The number of aryl methyl sites for hydroxylation is 1. The van der Waals surface area contributed by atoms with Gasteiger partial charge in [0.2, 0.25) is 0 Å². The minimum atomic E-state index is -0.0635. The van der Waals surface area contributed by atoms with E-state index in [0.717, 1.165) is 37.6 Å². The van der Waals surface area contributed by atoms with Crippen molar-refractivity contribution in [2.75, 3.05) is 43.9 Å². The average molecular weight is 250 g/mol. The van der Waals surface area contributed by atoms with Crippen molar-refractivity contribution in [1.82, 2.24) is 9.47 Å². The molecule has 0 radical (unpaired) electrons. The Morgan fingerprint density at radius 2 is 1.89 bits per heavy atom. The van der Waals surface area contributed by atoms with Gasteiger partial charge in [-0.15, -0.1) is 0 Å². The van der Waals surface area contributed by atoms with Gasteiger partial charge in [0.1, 0.15) is 5.69 Å². The Morgan fingerprint density at radius 1 is 1.28 bits per heavy atom. The van der Waals surface area contributed by atoms with Crippen molar-refractivity contribution in [3.8, 4) is 0 Å². The first-order valence-electron chi connectivity index (χ1n) is 6.48. The van der Waals surface area contributed by atoms with Crippen LogP contribution < -0.4 is 16.2 Å². The van der Waals surface area contributed by atoms with Crippen molar-refractivity contribution < 1.29 is 0 Å². The maximum absolute atomic E-state index is 12.1. The molecule has 2 heterocycles. The zero-order valence-electron chi connectivity index (χ0n) is 11.4. The molecule has 0 atom stereocenters. The van der Waals surface area contributed by atoms with Gasteiger partial charge in [0, 0.05) is 38.4 Å². The molecule has 18 heavy (non-hydrogen) atoms. The summed E-state index contributed by atoms with van der Waals surface area (Å²) in [5, 5.41) is 0. The second-order valence-corrected chi connectivity index (χ2v) is 4.92. The molecule has 0 amide bonds. The van der Waals surface area contributed by atoms with E-state index < -0.39 is 0 Å². The molecule has 1 aromatic heterocycles. The molecule has 1 aromatic rings. The van der Waals surface area contributed by atoms with Crippen LogP contribution in [0.15, 0.2) is 10.9 Å². The number of anilines is 2. The molecular formula is C13H22N4O. The summed E-state index contributed by atoms with van der Waals surface area (Å²) in [6, 6.07) is 2.03. The smallest absolute Gasteiger partial charge is 0.276 e. The summed E-state index contributed by atoms with van der Waals surface area (Å²) in [4.78, 5) is 16.6. The first-order chi connectivity index (χ1) is 8.54. The molecule has 5 nitrogen and oxygen atoms in total. The number of nitrogens with zero attached hydrogens (tertiary/aromatic N) is 3. The summed E-state index contributed by atoms with van der Waals surface area (Å²) in [6.07, 6.45) is 0. The molecule has 1 saturated heterocycles. The van der Waals surface area contributed by atoms with Gasteiger partial charge in [-0.1, -0.05) is 0 Å². The minimum Gasteiger partial charge on any atom is -0.393 e. The Kier molecular flexibility index (Phi) is 3.61. The Labute approximate surface area is 108 Å². The van der Waals surface area contributed by atoms with Crippen molar-refractivity contribution >= 4 is 11.4 Å². The van der Waals surface area contributed by atoms with Crippen LogP contribution in [0.3, 0.4) is 0 Å². The number of hydrogen-bond acceptors (Lipinski definition) is 4. The van der Waals surface area contributed by atoms with E-state index >= 15 is 0 Å². The molecule has 0 unspecified atom stereocenters.